The van der Waals surface area contributed by atoms with Crippen molar-refractivity contribution in [3.8, 4) is 5.75 Å². The molecule has 0 unspecified atom stereocenters. The fourth-order valence-electron chi connectivity index (χ4n) is 4.27. The van der Waals surface area contributed by atoms with Crippen LogP contribution in [0.4, 0.5) is 18.9 Å². The summed E-state index contributed by atoms with van der Waals surface area (Å²) in [7, 11) is 0. The van der Waals surface area contributed by atoms with Crippen LogP contribution in [0.1, 0.15) is 38.8 Å². The molecule has 5 aromatic rings. The lowest BCUT2D eigenvalue weighted by atomic mass is 10.1. The first-order valence-corrected chi connectivity index (χ1v) is 11.9. The van der Waals surface area contributed by atoms with Crippen molar-refractivity contribution in [3.63, 3.8) is 0 Å². The Morgan fingerprint density at radius 2 is 1.76 bits per heavy atom. The fourth-order valence-corrected chi connectivity index (χ4v) is 4.27. The Labute approximate surface area is 216 Å². The highest BCUT2D eigenvalue weighted by Crippen LogP contribution is 2.30. The van der Waals surface area contributed by atoms with Crippen molar-refractivity contribution < 1.29 is 27.1 Å². The van der Waals surface area contributed by atoms with Crippen LogP contribution >= 0.6 is 0 Å². The molecule has 0 atom stereocenters. The van der Waals surface area contributed by atoms with E-state index in [4.69, 9.17) is 9.15 Å². The summed E-state index contributed by atoms with van der Waals surface area (Å²) < 4.78 is 52.4. The van der Waals surface area contributed by atoms with E-state index < -0.39 is 17.6 Å². The van der Waals surface area contributed by atoms with Gasteiger partial charge in [0.05, 0.1) is 29.2 Å². The Balaban J connectivity index is 1.26. The van der Waals surface area contributed by atoms with E-state index >= 15 is 0 Å². The largest absolute Gasteiger partial charge is 0.485 e. The Kier molecular flexibility index (Phi) is 6.67. The number of alkyl halides is 3. The van der Waals surface area contributed by atoms with Gasteiger partial charge in [-0.1, -0.05) is 48.5 Å². The molecule has 0 aliphatic rings. The maximum absolute atomic E-state index is 13.1. The zero-order chi connectivity index (χ0) is 26.9. The van der Waals surface area contributed by atoms with Crippen LogP contribution in [-0.2, 0) is 19.3 Å². The molecule has 0 fully saturated rings. The van der Waals surface area contributed by atoms with Crippen LogP contribution in [0.15, 0.2) is 83.3 Å². The van der Waals surface area contributed by atoms with E-state index in [2.05, 4.69) is 10.4 Å². The number of benzene rings is 3. The highest BCUT2D eigenvalue weighted by atomic mass is 19.4. The van der Waals surface area contributed by atoms with Crippen molar-refractivity contribution in [1.82, 2.24) is 9.78 Å². The molecule has 1 N–H and O–H groups in total. The summed E-state index contributed by atoms with van der Waals surface area (Å²) in [5, 5.41) is 9.26. The average Bonchev–Trinajstić information content (AvgIpc) is 3.47. The summed E-state index contributed by atoms with van der Waals surface area (Å²) in [6, 6.07) is 22.0. The molecule has 0 saturated carbocycles. The average molecular weight is 520 g/mol. The number of furan rings is 1. The number of nitrogens with zero attached hydrogens (tertiary/aromatic N) is 2. The van der Waals surface area contributed by atoms with Crippen LogP contribution in [0.25, 0.3) is 10.8 Å². The molecular weight excluding hydrogens is 495 g/mol. The number of anilines is 1. The van der Waals surface area contributed by atoms with Gasteiger partial charge in [0, 0.05) is 5.39 Å². The predicted molar refractivity (Wildman–Crippen MR) is 137 cm³/mol. The molecule has 0 aliphatic carbocycles. The molecule has 3 aromatic carbocycles. The minimum Gasteiger partial charge on any atom is -0.485 e. The third-order valence-corrected chi connectivity index (χ3v) is 6.21. The summed E-state index contributed by atoms with van der Waals surface area (Å²) >= 11 is 0. The number of halogens is 3. The zero-order valence-electron chi connectivity index (χ0n) is 20.7. The van der Waals surface area contributed by atoms with Gasteiger partial charge in [0.25, 0.3) is 5.91 Å². The van der Waals surface area contributed by atoms with Gasteiger partial charge in [-0.15, -0.1) is 0 Å². The topological polar surface area (TPSA) is 69.3 Å². The van der Waals surface area contributed by atoms with Crippen molar-refractivity contribution in [1.29, 1.82) is 0 Å². The Morgan fingerprint density at radius 3 is 2.58 bits per heavy atom. The number of rotatable bonds is 7. The molecule has 38 heavy (non-hydrogen) atoms. The van der Waals surface area contributed by atoms with E-state index in [1.165, 1.54) is 6.07 Å². The van der Waals surface area contributed by atoms with Gasteiger partial charge in [0.15, 0.2) is 5.76 Å². The lowest BCUT2D eigenvalue weighted by Crippen LogP contribution is -2.13. The van der Waals surface area contributed by atoms with Gasteiger partial charge in [-0.3, -0.25) is 9.48 Å². The quantitative estimate of drug-likeness (QED) is 0.248. The number of ether oxygens (including phenoxy) is 1. The second-order valence-corrected chi connectivity index (χ2v) is 8.89. The molecular formula is C29H24F3N3O3. The molecule has 5 rings (SSSR count). The Hall–Kier alpha value is -4.53. The molecule has 0 aliphatic heterocycles. The lowest BCUT2D eigenvalue weighted by Gasteiger charge is -2.10. The first-order valence-electron chi connectivity index (χ1n) is 11.9. The number of aryl methyl sites for hydroxylation is 1. The molecule has 1 amide bonds. The van der Waals surface area contributed by atoms with Crippen molar-refractivity contribution in [2.24, 2.45) is 0 Å². The van der Waals surface area contributed by atoms with Crippen LogP contribution in [-0.4, -0.2) is 15.7 Å². The van der Waals surface area contributed by atoms with Crippen molar-refractivity contribution in [2.75, 3.05) is 5.32 Å². The Bertz CT molecular complexity index is 1610. The molecule has 0 bridgehead atoms. The molecule has 6 nitrogen and oxygen atoms in total. The monoisotopic (exact) mass is 519 g/mol. The smallest absolute Gasteiger partial charge is 0.416 e. The highest BCUT2D eigenvalue weighted by molar-refractivity contribution is 6.03. The third-order valence-electron chi connectivity index (χ3n) is 6.21. The SMILES string of the molecule is Cc1nn(Cc2cccc(C(F)(F)F)c2)c(C)c1NC(=O)c1ccc(COc2cccc3ccccc23)o1. The van der Waals surface area contributed by atoms with Gasteiger partial charge in [-0.25, -0.2) is 0 Å². The fraction of sp³-hybridized carbons (Fsp3) is 0.172. The molecule has 2 aromatic heterocycles. The number of nitrogens with one attached hydrogen (secondary N) is 1. The van der Waals surface area contributed by atoms with Gasteiger partial charge < -0.3 is 14.5 Å². The molecule has 9 heteroatoms. The number of fused-ring (bicyclic) bond motifs is 1. The minimum absolute atomic E-state index is 0.103. The highest BCUT2D eigenvalue weighted by Gasteiger charge is 2.30. The van der Waals surface area contributed by atoms with E-state index in [1.54, 1.807) is 36.7 Å². The van der Waals surface area contributed by atoms with Crippen molar-refractivity contribution in [3.05, 3.63) is 113 Å². The van der Waals surface area contributed by atoms with E-state index in [0.29, 0.717) is 34.1 Å². The van der Waals surface area contributed by atoms with Gasteiger partial charge in [-0.05, 0) is 55.1 Å². The molecule has 0 spiro atoms. The number of hydrogen-bond donors (Lipinski definition) is 1. The van der Waals surface area contributed by atoms with Crippen LogP contribution < -0.4 is 10.1 Å². The first-order chi connectivity index (χ1) is 18.2. The molecule has 0 saturated heterocycles. The first kappa shape index (κ1) is 25.1. The van der Waals surface area contributed by atoms with Crippen molar-refractivity contribution >= 4 is 22.4 Å². The van der Waals surface area contributed by atoms with Crippen LogP contribution in [0.2, 0.25) is 0 Å². The maximum atomic E-state index is 13.1. The standard InChI is InChI=1S/C29H24F3N3O3/c1-18-27(19(2)35(34-18)16-20-7-5-10-22(15-20)29(30,31)32)33-28(36)26-14-13-23(38-26)17-37-25-12-6-9-21-8-3-4-11-24(21)25/h3-15H,16-17H2,1-2H3,(H,33,36). The van der Waals surface area contributed by atoms with E-state index in [1.807, 2.05) is 42.5 Å². The number of hydrogen-bond acceptors (Lipinski definition) is 4. The summed E-state index contributed by atoms with van der Waals surface area (Å²) in [4.78, 5) is 12.9. The van der Waals surface area contributed by atoms with Crippen LogP contribution in [0, 0.1) is 13.8 Å². The number of amides is 1. The van der Waals surface area contributed by atoms with E-state index in [-0.39, 0.29) is 18.9 Å². The lowest BCUT2D eigenvalue weighted by molar-refractivity contribution is -0.137. The summed E-state index contributed by atoms with van der Waals surface area (Å²) in [5.41, 5.74) is 1.36. The van der Waals surface area contributed by atoms with Gasteiger partial charge in [-0.2, -0.15) is 18.3 Å². The van der Waals surface area contributed by atoms with Crippen LogP contribution in [0.3, 0.4) is 0 Å². The van der Waals surface area contributed by atoms with Crippen molar-refractivity contribution in [2.45, 2.75) is 33.2 Å². The van der Waals surface area contributed by atoms with E-state index in [0.717, 1.165) is 22.9 Å². The molecule has 2 heterocycles. The summed E-state index contributed by atoms with van der Waals surface area (Å²) in [6.45, 7) is 3.74. The molecule has 0 radical (unpaired) electrons. The maximum Gasteiger partial charge on any atom is 0.416 e. The van der Waals surface area contributed by atoms with Crippen LogP contribution in [0.5, 0.6) is 5.75 Å². The second kappa shape index (κ2) is 10.1. The predicted octanol–water partition coefficient (Wildman–Crippen LogP) is 7.14. The normalized spacial score (nSPS) is 11.6. The number of aromatic nitrogens is 2. The third kappa shape index (κ3) is 5.27. The minimum atomic E-state index is -4.42. The Morgan fingerprint density at radius 1 is 1.00 bits per heavy atom. The number of carbonyl (C=O) groups excluding carboxylic acids is 1. The summed E-state index contributed by atoms with van der Waals surface area (Å²) in [6.07, 6.45) is -4.42. The number of carbonyl (C=O) groups is 1. The van der Waals surface area contributed by atoms with E-state index in [9.17, 15) is 18.0 Å². The summed E-state index contributed by atoms with van der Waals surface area (Å²) in [5.74, 6) is 0.832. The second-order valence-electron chi connectivity index (χ2n) is 8.89. The molecule has 194 valence electrons. The van der Waals surface area contributed by atoms with Gasteiger partial charge in [0.2, 0.25) is 0 Å². The van der Waals surface area contributed by atoms with Gasteiger partial charge in [0.1, 0.15) is 18.1 Å². The zero-order valence-corrected chi connectivity index (χ0v) is 20.7. The van der Waals surface area contributed by atoms with Gasteiger partial charge >= 0.3 is 6.18 Å².